The smallest absolute Gasteiger partial charge is 0.163 e. The van der Waals surface area contributed by atoms with Crippen LogP contribution >= 0.6 is 0 Å². The van der Waals surface area contributed by atoms with E-state index in [4.69, 9.17) is 0 Å². The van der Waals surface area contributed by atoms with Crippen molar-refractivity contribution in [1.29, 1.82) is 0 Å². The second-order valence-corrected chi connectivity index (χ2v) is 12.5. The molecule has 1 aromatic heterocycles. The first kappa shape index (κ1) is 25.8. The molecule has 3 nitrogen and oxygen atoms in total. The molecule has 0 bridgehead atoms. The maximum Gasteiger partial charge on any atom is 0.163 e. The molecule has 0 unspecified atom stereocenters. The lowest BCUT2D eigenvalue weighted by atomic mass is 9.80. The Hall–Kier alpha value is -5.67. The van der Waals surface area contributed by atoms with Crippen LogP contribution in [0.25, 0.3) is 77.1 Å². The summed E-state index contributed by atoms with van der Waals surface area (Å²) in [7, 11) is 0. The van der Waals surface area contributed by atoms with Crippen LogP contribution in [0.2, 0.25) is 0 Å². The minimum atomic E-state index is -0.0908. The van der Waals surface area contributed by atoms with Crippen molar-refractivity contribution < 1.29 is 0 Å². The summed E-state index contributed by atoms with van der Waals surface area (Å²) in [4.78, 5) is 13.4. The van der Waals surface area contributed by atoms with E-state index in [1.54, 1.807) is 12.7 Å². The van der Waals surface area contributed by atoms with Crippen molar-refractivity contribution in [3.8, 4) is 44.8 Å². The molecule has 45 heavy (non-hydrogen) atoms. The Labute approximate surface area is 261 Å². The molecule has 1 aliphatic carbocycles. The van der Waals surface area contributed by atoms with E-state index in [1.165, 1.54) is 66.1 Å². The number of fused-ring (bicyclic) bond motifs is 6. The summed E-state index contributed by atoms with van der Waals surface area (Å²) in [6.07, 6.45) is 3.17. The van der Waals surface area contributed by atoms with Crippen LogP contribution in [0, 0.1) is 0 Å². The highest BCUT2D eigenvalue weighted by Gasteiger charge is 2.35. The average Bonchev–Trinajstić information content (AvgIpc) is 3.32. The molecule has 9 rings (SSSR count). The fraction of sp³-hybridized carbons (Fsp3) is 0.0714. The van der Waals surface area contributed by atoms with Crippen molar-refractivity contribution in [3.63, 3.8) is 0 Å². The van der Waals surface area contributed by atoms with Gasteiger partial charge in [-0.25, -0.2) is 15.0 Å². The molecule has 7 aromatic carbocycles. The van der Waals surface area contributed by atoms with Crippen molar-refractivity contribution in [2.24, 2.45) is 0 Å². The van der Waals surface area contributed by atoms with Crippen LogP contribution in [0.1, 0.15) is 25.0 Å². The van der Waals surface area contributed by atoms with E-state index in [-0.39, 0.29) is 5.41 Å². The highest BCUT2D eigenvalue weighted by atomic mass is 15.0. The standard InChI is InChI=1S/C42H29N3/c1-42(2)37-17-8-7-13-31(37)32-20-19-28(23-38(32)42)39-33-14-5-6-15-34(33)40(41-44-24-43-25-45-41)35-21-18-27(22-36(35)39)30-16-9-11-26-10-3-4-12-29(26)30/h3-25H,1-2H3. The molecule has 0 atom stereocenters. The monoisotopic (exact) mass is 575 g/mol. The van der Waals surface area contributed by atoms with Crippen LogP contribution in [0.15, 0.2) is 140 Å². The quantitative estimate of drug-likeness (QED) is 0.197. The Balaban J connectivity index is 1.39. The van der Waals surface area contributed by atoms with Gasteiger partial charge < -0.3 is 0 Å². The lowest BCUT2D eigenvalue weighted by Gasteiger charge is -2.23. The number of hydrogen-bond acceptors (Lipinski definition) is 3. The summed E-state index contributed by atoms with van der Waals surface area (Å²) in [6, 6.07) is 46.7. The highest BCUT2D eigenvalue weighted by Crippen LogP contribution is 2.51. The molecular weight excluding hydrogens is 546 g/mol. The summed E-state index contributed by atoms with van der Waals surface area (Å²) in [5, 5.41) is 7.11. The molecule has 0 amide bonds. The SMILES string of the molecule is CC1(C)c2ccccc2-c2ccc(-c3c4ccccc4c(-c4ncncn4)c4ccc(-c5cccc6ccccc56)cc34)cc21. The van der Waals surface area contributed by atoms with Gasteiger partial charge in [0.05, 0.1) is 0 Å². The van der Waals surface area contributed by atoms with Gasteiger partial charge in [-0.05, 0) is 89.0 Å². The van der Waals surface area contributed by atoms with Crippen molar-refractivity contribution in [3.05, 3.63) is 151 Å². The third-order valence-electron chi connectivity index (χ3n) is 9.71. The van der Waals surface area contributed by atoms with E-state index < -0.39 is 0 Å². The minimum absolute atomic E-state index is 0.0908. The van der Waals surface area contributed by atoms with E-state index >= 15 is 0 Å². The van der Waals surface area contributed by atoms with Gasteiger partial charge in [-0.15, -0.1) is 0 Å². The third-order valence-corrected chi connectivity index (χ3v) is 9.71. The molecule has 212 valence electrons. The molecular formula is C42H29N3. The van der Waals surface area contributed by atoms with Gasteiger partial charge in [0, 0.05) is 11.0 Å². The van der Waals surface area contributed by atoms with Gasteiger partial charge in [-0.1, -0.05) is 129 Å². The maximum absolute atomic E-state index is 4.64. The molecule has 1 heterocycles. The average molecular weight is 576 g/mol. The summed E-state index contributed by atoms with van der Waals surface area (Å²) < 4.78 is 0. The predicted octanol–water partition coefficient (Wildman–Crippen LogP) is 10.6. The first-order valence-corrected chi connectivity index (χ1v) is 15.4. The van der Waals surface area contributed by atoms with Crippen molar-refractivity contribution in [2.75, 3.05) is 0 Å². The molecule has 0 N–H and O–H groups in total. The van der Waals surface area contributed by atoms with Crippen LogP contribution in [0.4, 0.5) is 0 Å². The fourth-order valence-electron chi connectivity index (χ4n) is 7.60. The number of hydrogen-bond donors (Lipinski definition) is 0. The Kier molecular flexibility index (Phi) is 5.54. The molecule has 3 heteroatoms. The number of benzene rings is 7. The Morgan fingerprint density at radius 2 is 1.07 bits per heavy atom. The maximum atomic E-state index is 4.64. The Bertz CT molecular complexity index is 2450. The lowest BCUT2D eigenvalue weighted by molar-refractivity contribution is 0.660. The van der Waals surface area contributed by atoms with Crippen LogP contribution < -0.4 is 0 Å². The zero-order valence-corrected chi connectivity index (χ0v) is 25.1. The van der Waals surface area contributed by atoms with Gasteiger partial charge in [-0.3, -0.25) is 0 Å². The Morgan fingerprint density at radius 1 is 0.444 bits per heavy atom. The molecule has 0 aliphatic heterocycles. The molecule has 0 saturated carbocycles. The van der Waals surface area contributed by atoms with Gasteiger partial charge in [-0.2, -0.15) is 0 Å². The van der Waals surface area contributed by atoms with Crippen molar-refractivity contribution in [1.82, 2.24) is 15.0 Å². The largest absolute Gasteiger partial charge is 0.225 e. The van der Waals surface area contributed by atoms with Crippen LogP contribution in [-0.4, -0.2) is 15.0 Å². The van der Waals surface area contributed by atoms with Crippen LogP contribution in [0.5, 0.6) is 0 Å². The topological polar surface area (TPSA) is 38.7 Å². The van der Waals surface area contributed by atoms with E-state index in [2.05, 4.69) is 156 Å². The van der Waals surface area contributed by atoms with Gasteiger partial charge in [0.2, 0.25) is 0 Å². The predicted molar refractivity (Wildman–Crippen MR) is 186 cm³/mol. The minimum Gasteiger partial charge on any atom is -0.225 e. The normalized spacial score (nSPS) is 13.3. The molecule has 0 spiro atoms. The van der Waals surface area contributed by atoms with Gasteiger partial charge in [0.15, 0.2) is 5.82 Å². The number of aromatic nitrogens is 3. The van der Waals surface area contributed by atoms with Crippen molar-refractivity contribution >= 4 is 32.3 Å². The fourth-order valence-corrected chi connectivity index (χ4v) is 7.60. The lowest BCUT2D eigenvalue weighted by Crippen LogP contribution is -2.14. The van der Waals surface area contributed by atoms with E-state index in [1.807, 2.05) is 0 Å². The van der Waals surface area contributed by atoms with E-state index in [0.717, 1.165) is 16.3 Å². The molecule has 0 fully saturated rings. The first-order valence-electron chi connectivity index (χ1n) is 15.4. The zero-order valence-electron chi connectivity index (χ0n) is 25.1. The summed E-state index contributed by atoms with van der Waals surface area (Å²) in [5.74, 6) is 0.682. The van der Waals surface area contributed by atoms with Crippen molar-refractivity contribution in [2.45, 2.75) is 19.3 Å². The number of rotatable bonds is 3. The second kappa shape index (κ2) is 9.67. The Morgan fingerprint density at radius 3 is 1.91 bits per heavy atom. The van der Waals surface area contributed by atoms with E-state index in [9.17, 15) is 0 Å². The van der Waals surface area contributed by atoms with Gasteiger partial charge in [0.25, 0.3) is 0 Å². The zero-order chi connectivity index (χ0) is 30.1. The summed E-state index contributed by atoms with van der Waals surface area (Å²) >= 11 is 0. The molecule has 0 radical (unpaired) electrons. The number of nitrogens with zero attached hydrogens (tertiary/aromatic N) is 3. The molecule has 1 aliphatic rings. The highest BCUT2D eigenvalue weighted by molar-refractivity contribution is 6.21. The second-order valence-electron chi connectivity index (χ2n) is 12.5. The third kappa shape index (κ3) is 3.80. The van der Waals surface area contributed by atoms with E-state index in [0.29, 0.717) is 5.82 Å². The van der Waals surface area contributed by atoms with Gasteiger partial charge in [0.1, 0.15) is 12.7 Å². The summed E-state index contributed by atoms with van der Waals surface area (Å²) in [5.41, 5.74) is 11.2. The molecule has 8 aromatic rings. The van der Waals surface area contributed by atoms with Crippen LogP contribution in [-0.2, 0) is 5.41 Å². The van der Waals surface area contributed by atoms with Crippen LogP contribution in [0.3, 0.4) is 0 Å². The first-order chi connectivity index (χ1) is 22.1. The van der Waals surface area contributed by atoms with Gasteiger partial charge >= 0.3 is 0 Å². The summed E-state index contributed by atoms with van der Waals surface area (Å²) in [6.45, 7) is 4.69. The molecule has 0 saturated heterocycles.